The molecule has 5 heteroatoms. The summed E-state index contributed by atoms with van der Waals surface area (Å²) in [6.07, 6.45) is 4.93. The molecule has 0 radical (unpaired) electrons. The molecule has 0 aromatic rings. The summed E-state index contributed by atoms with van der Waals surface area (Å²) in [6, 6.07) is -0.0880. The van der Waals surface area contributed by atoms with Crippen molar-refractivity contribution in [3.05, 3.63) is 0 Å². The van der Waals surface area contributed by atoms with E-state index in [0.717, 1.165) is 6.54 Å². The monoisotopic (exact) mass is 256 g/mol. The lowest BCUT2D eigenvalue weighted by Gasteiger charge is -2.27. The molecule has 104 valence electrons. The van der Waals surface area contributed by atoms with Crippen LogP contribution < -0.4 is 0 Å². The van der Waals surface area contributed by atoms with E-state index in [2.05, 4.69) is 0 Å². The number of carbonyl (C=O) groups is 2. The zero-order valence-corrected chi connectivity index (χ0v) is 11.6. The molecule has 18 heavy (non-hydrogen) atoms. The summed E-state index contributed by atoms with van der Waals surface area (Å²) in [4.78, 5) is 26.0. The van der Waals surface area contributed by atoms with E-state index in [4.69, 9.17) is 5.11 Å². The van der Waals surface area contributed by atoms with Gasteiger partial charge in [-0.2, -0.15) is 0 Å². The van der Waals surface area contributed by atoms with Crippen LogP contribution >= 0.6 is 0 Å². The molecule has 0 aromatic heterocycles. The second kappa shape index (κ2) is 6.61. The number of amides is 2. The first-order valence-electron chi connectivity index (χ1n) is 6.60. The van der Waals surface area contributed by atoms with Crippen LogP contribution in [0.3, 0.4) is 0 Å². The average molecular weight is 256 g/mol. The molecule has 2 amide bonds. The maximum Gasteiger partial charge on any atom is 0.319 e. The highest BCUT2D eigenvalue weighted by Gasteiger charge is 2.23. The van der Waals surface area contributed by atoms with Gasteiger partial charge in [-0.05, 0) is 18.8 Å². The summed E-state index contributed by atoms with van der Waals surface area (Å²) >= 11 is 0. The van der Waals surface area contributed by atoms with Gasteiger partial charge in [0.1, 0.15) is 0 Å². The van der Waals surface area contributed by atoms with E-state index in [9.17, 15) is 9.59 Å². The Hall–Kier alpha value is -1.26. The van der Waals surface area contributed by atoms with Crippen LogP contribution in [0.4, 0.5) is 4.79 Å². The van der Waals surface area contributed by atoms with Gasteiger partial charge in [0.2, 0.25) is 0 Å². The van der Waals surface area contributed by atoms with Crippen molar-refractivity contribution >= 4 is 12.0 Å². The van der Waals surface area contributed by atoms with Gasteiger partial charge < -0.3 is 14.9 Å². The Morgan fingerprint density at radius 2 is 1.78 bits per heavy atom. The third-order valence-corrected chi connectivity index (χ3v) is 3.63. The number of aliphatic carboxylic acids is 1. The largest absolute Gasteiger partial charge is 0.481 e. The van der Waals surface area contributed by atoms with E-state index in [1.807, 2.05) is 0 Å². The summed E-state index contributed by atoms with van der Waals surface area (Å²) in [5, 5.41) is 8.83. The fourth-order valence-corrected chi connectivity index (χ4v) is 2.52. The fourth-order valence-electron chi connectivity index (χ4n) is 2.52. The molecule has 5 nitrogen and oxygen atoms in total. The van der Waals surface area contributed by atoms with E-state index in [-0.39, 0.29) is 12.6 Å². The highest BCUT2D eigenvalue weighted by Crippen LogP contribution is 2.25. The van der Waals surface area contributed by atoms with E-state index in [0.29, 0.717) is 5.92 Å². The average Bonchev–Trinajstić information content (AvgIpc) is 2.80. The fraction of sp³-hybridized carbons (Fsp3) is 0.846. The maximum absolute atomic E-state index is 12.0. The Morgan fingerprint density at radius 3 is 2.28 bits per heavy atom. The maximum atomic E-state index is 12.0. The summed E-state index contributed by atoms with van der Waals surface area (Å²) in [6.45, 7) is 2.65. The highest BCUT2D eigenvalue weighted by molar-refractivity contribution is 5.75. The molecule has 0 aromatic carbocycles. The normalized spacial score (nSPS) is 17.5. The Kier molecular flexibility index (Phi) is 5.44. The van der Waals surface area contributed by atoms with Crippen molar-refractivity contribution in [2.75, 3.05) is 27.2 Å². The van der Waals surface area contributed by atoms with Gasteiger partial charge >= 0.3 is 12.0 Å². The lowest BCUT2D eigenvalue weighted by molar-refractivity contribution is -0.141. The summed E-state index contributed by atoms with van der Waals surface area (Å²) in [5.41, 5.74) is 0. The van der Waals surface area contributed by atoms with Crippen molar-refractivity contribution < 1.29 is 14.7 Å². The van der Waals surface area contributed by atoms with Gasteiger partial charge in [-0.15, -0.1) is 0 Å². The van der Waals surface area contributed by atoms with Crippen LogP contribution in [0, 0.1) is 11.8 Å². The second-order valence-corrected chi connectivity index (χ2v) is 5.43. The van der Waals surface area contributed by atoms with Gasteiger partial charge in [-0.3, -0.25) is 4.79 Å². The summed E-state index contributed by atoms with van der Waals surface area (Å²) in [7, 11) is 3.45. The van der Waals surface area contributed by atoms with Crippen LogP contribution in [0.2, 0.25) is 0 Å². The quantitative estimate of drug-likeness (QED) is 0.817. The van der Waals surface area contributed by atoms with Crippen molar-refractivity contribution in [3.63, 3.8) is 0 Å². The molecule has 1 aliphatic rings. The molecule has 1 atom stereocenters. The van der Waals surface area contributed by atoms with E-state index in [1.165, 1.54) is 30.6 Å². The first-order chi connectivity index (χ1) is 8.41. The molecule has 0 saturated heterocycles. The van der Waals surface area contributed by atoms with Gasteiger partial charge in [0.25, 0.3) is 0 Å². The van der Waals surface area contributed by atoms with Crippen LogP contribution in [0.25, 0.3) is 0 Å². The molecule has 0 spiro atoms. The molecule has 1 N–H and O–H groups in total. The molecule has 0 aliphatic heterocycles. The second-order valence-electron chi connectivity index (χ2n) is 5.43. The SMILES string of the molecule is CC(CN(C)C(=O)N(C)CC1CCCC1)C(=O)O. The molecule has 1 rings (SSSR count). The van der Waals surface area contributed by atoms with Crippen molar-refractivity contribution in [2.45, 2.75) is 32.6 Å². The molecule has 1 unspecified atom stereocenters. The van der Waals surface area contributed by atoms with Crippen molar-refractivity contribution in [1.29, 1.82) is 0 Å². The Bertz CT molecular complexity index is 301. The third kappa shape index (κ3) is 4.20. The van der Waals surface area contributed by atoms with Crippen LogP contribution in [-0.4, -0.2) is 54.1 Å². The topological polar surface area (TPSA) is 60.9 Å². The number of carboxylic acids is 1. The predicted molar refractivity (Wildman–Crippen MR) is 69.4 cm³/mol. The Labute approximate surface area is 109 Å². The predicted octanol–water partition coefficient (Wildman–Crippen LogP) is 1.88. The lowest BCUT2D eigenvalue weighted by Crippen LogP contribution is -2.43. The molecular weight excluding hydrogens is 232 g/mol. The molecule has 1 aliphatic carbocycles. The number of carbonyl (C=O) groups excluding carboxylic acids is 1. The molecule has 0 heterocycles. The number of nitrogens with zero attached hydrogens (tertiary/aromatic N) is 2. The Balaban J connectivity index is 2.39. The van der Waals surface area contributed by atoms with Gasteiger partial charge in [-0.25, -0.2) is 4.79 Å². The highest BCUT2D eigenvalue weighted by atomic mass is 16.4. The number of urea groups is 1. The molecule has 1 saturated carbocycles. The summed E-state index contributed by atoms with van der Waals surface area (Å²) in [5.74, 6) is -0.781. The van der Waals surface area contributed by atoms with Crippen LogP contribution in [0.5, 0.6) is 0 Å². The van der Waals surface area contributed by atoms with E-state index >= 15 is 0 Å². The first-order valence-corrected chi connectivity index (χ1v) is 6.60. The van der Waals surface area contributed by atoms with Gasteiger partial charge in [-0.1, -0.05) is 19.8 Å². The van der Waals surface area contributed by atoms with Gasteiger partial charge in [0, 0.05) is 27.2 Å². The van der Waals surface area contributed by atoms with Crippen LogP contribution in [0.15, 0.2) is 0 Å². The molecular formula is C13H24N2O3. The minimum Gasteiger partial charge on any atom is -0.481 e. The minimum absolute atomic E-state index is 0.0880. The third-order valence-electron chi connectivity index (χ3n) is 3.63. The smallest absolute Gasteiger partial charge is 0.319 e. The number of hydrogen-bond donors (Lipinski definition) is 1. The zero-order chi connectivity index (χ0) is 13.7. The van der Waals surface area contributed by atoms with Crippen LogP contribution in [-0.2, 0) is 4.79 Å². The minimum atomic E-state index is -0.868. The lowest BCUT2D eigenvalue weighted by atomic mass is 10.1. The number of hydrogen-bond acceptors (Lipinski definition) is 2. The first kappa shape index (κ1) is 14.8. The molecule has 1 fully saturated rings. The Morgan fingerprint density at radius 1 is 1.22 bits per heavy atom. The van der Waals surface area contributed by atoms with E-state index < -0.39 is 11.9 Å². The van der Waals surface area contributed by atoms with Crippen LogP contribution in [0.1, 0.15) is 32.6 Å². The summed E-state index contributed by atoms with van der Waals surface area (Å²) < 4.78 is 0. The van der Waals surface area contributed by atoms with Gasteiger partial charge in [0.05, 0.1) is 5.92 Å². The number of carboxylic acid groups (broad SMARTS) is 1. The standard InChI is InChI=1S/C13H24N2O3/c1-10(12(16)17)8-14(2)13(18)15(3)9-11-6-4-5-7-11/h10-11H,4-9H2,1-3H3,(H,16,17). The number of rotatable bonds is 5. The molecule has 0 bridgehead atoms. The zero-order valence-electron chi connectivity index (χ0n) is 11.6. The van der Waals surface area contributed by atoms with Crippen molar-refractivity contribution in [1.82, 2.24) is 9.80 Å². The van der Waals surface area contributed by atoms with E-state index in [1.54, 1.807) is 25.9 Å². The van der Waals surface area contributed by atoms with Gasteiger partial charge in [0.15, 0.2) is 0 Å². The van der Waals surface area contributed by atoms with Crippen molar-refractivity contribution in [2.24, 2.45) is 11.8 Å². The van der Waals surface area contributed by atoms with Crippen molar-refractivity contribution in [3.8, 4) is 0 Å².